The highest BCUT2D eigenvalue weighted by Crippen LogP contribution is 2.24. The number of hydrogen-bond donors (Lipinski definition) is 2. The molecule has 27 heavy (non-hydrogen) atoms. The Hall–Kier alpha value is -0.850. The van der Waals surface area contributed by atoms with Crippen LogP contribution in [0.25, 0.3) is 0 Å². The molecular formula is C17H30IN5O3S. The van der Waals surface area contributed by atoms with Gasteiger partial charge in [0.25, 0.3) is 0 Å². The minimum absolute atomic E-state index is 0. The lowest BCUT2D eigenvalue weighted by Gasteiger charge is -2.27. The van der Waals surface area contributed by atoms with Crippen LogP contribution in [-0.2, 0) is 10.0 Å². The summed E-state index contributed by atoms with van der Waals surface area (Å²) in [6.45, 7) is 4.46. The van der Waals surface area contributed by atoms with E-state index in [1.807, 2.05) is 12.1 Å². The van der Waals surface area contributed by atoms with E-state index in [1.54, 1.807) is 17.6 Å². The van der Waals surface area contributed by atoms with Gasteiger partial charge in [-0.2, -0.15) is 0 Å². The normalized spacial score (nSPS) is 21.7. The second kappa shape index (κ2) is 10.6. The first-order valence-corrected chi connectivity index (χ1v) is 10.9. The van der Waals surface area contributed by atoms with E-state index < -0.39 is 10.0 Å². The third kappa shape index (κ3) is 6.06. The zero-order valence-corrected chi connectivity index (χ0v) is 18.9. The lowest BCUT2D eigenvalue weighted by molar-refractivity contribution is 0.215. The van der Waals surface area contributed by atoms with Crippen molar-refractivity contribution in [2.75, 3.05) is 52.1 Å². The summed E-state index contributed by atoms with van der Waals surface area (Å²) in [5, 5.41) is 6.56. The fraction of sp³-hybridized carbons (Fsp3) is 0.706. The van der Waals surface area contributed by atoms with Crippen molar-refractivity contribution in [3.63, 3.8) is 0 Å². The number of nitrogens with zero attached hydrogens (tertiary/aromatic N) is 3. The third-order valence-corrected chi connectivity index (χ3v) is 6.95. The first-order chi connectivity index (χ1) is 12.6. The summed E-state index contributed by atoms with van der Waals surface area (Å²) >= 11 is 0. The van der Waals surface area contributed by atoms with E-state index in [9.17, 15) is 8.42 Å². The number of aliphatic imine (C=N–C) groups is 1. The van der Waals surface area contributed by atoms with E-state index >= 15 is 0 Å². The van der Waals surface area contributed by atoms with Gasteiger partial charge >= 0.3 is 0 Å². The van der Waals surface area contributed by atoms with Crippen molar-refractivity contribution in [1.82, 2.24) is 19.8 Å². The van der Waals surface area contributed by atoms with Crippen LogP contribution in [0.2, 0.25) is 0 Å². The van der Waals surface area contributed by atoms with Gasteiger partial charge in [-0.1, -0.05) is 0 Å². The Labute approximate surface area is 178 Å². The molecule has 2 aliphatic heterocycles. The fourth-order valence-corrected chi connectivity index (χ4v) is 5.13. The van der Waals surface area contributed by atoms with E-state index in [-0.39, 0.29) is 35.8 Å². The molecule has 1 atom stereocenters. The van der Waals surface area contributed by atoms with Crippen molar-refractivity contribution in [2.24, 2.45) is 4.99 Å². The largest absolute Gasteiger partial charge is 0.468 e. The van der Waals surface area contributed by atoms with E-state index in [4.69, 9.17) is 4.42 Å². The quantitative estimate of drug-likeness (QED) is 0.325. The van der Waals surface area contributed by atoms with E-state index in [2.05, 4.69) is 20.5 Å². The maximum Gasteiger partial charge on any atom is 0.214 e. The molecule has 0 aromatic carbocycles. The highest BCUT2D eigenvalue weighted by Gasteiger charge is 2.28. The zero-order valence-electron chi connectivity index (χ0n) is 15.8. The molecule has 2 N–H and O–H groups in total. The number of rotatable bonds is 7. The van der Waals surface area contributed by atoms with Gasteiger partial charge in [0.15, 0.2) is 5.96 Å². The number of halogens is 1. The molecule has 2 aliphatic rings. The van der Waals surface area contributed by atoms with Gasteiger partial charge in [-0.15, -0.1) is 24.0 Å². The molecule has 3 rings (SSSR count). The summed E-state index contributed by atoms with van der Waals surface area (Å²) in [6.07, 6.45) is 4.86. The van der Waals surface area contributed by atoms with E-state index in [1.165, 1.54) is 12.8 Å². The van der Waals surface area contributed by atoms with Gasteiger partial charge in [0.05, 0.1) is 18.1 Å². The van der Waals surface area contributed by atoms with Crippen LogP contribution >= 0.6 is 24.0 Å². The van der Waals surface area contributed by atoms with Crippen LogP contribution in [0, 0.1) is 0 Å². The Bertz CT molecular complexity index is 689. The average molecular weight is 511 g/mol. The zero-order chi connectivity index (χ0) is 18.4. The second-order valence-electron chi connectivity index (χ2n) is 6.72. The number of nitrogens with one attached hydrogen (secondary N) is 2. The fourth-order valence-electron chi connectivity index (χ4n) is 3.60. The molecule has 10 heteroatoms. The van der Waals surface area contributed by atoms with Crippen molar-refractivity contribution >= 4 is 40.0 Å². The molecule has 8 nitrogen and oxygen atoms in total. The smallest absolute Gasteiger partial charge is 0.214 e. The van der Waals surface area contributed by atoms with Crippen LogP contribution in [0.4, 0.5) is 0 Å². The lowest BCUT2D eigenvalue weighted by atomic mass is 10.2. The summed E-state index contributed by atoms with van der Waals surface area (Å²) in [5.74, 6) is 1.90. The Balaban J connectivity index is 0.00000261. The van der Waals surface area contributed by atoms with Crippen LogP contribution in [0.1, 0.15) is 31.1 Å². The number of furan rings is 1. The second-order valence-corrected chi connectivity index (χ2v) is 8.81. The molecule has 0 radical (unpaired) electrons. The molecule has 0 amide bonds. The summed E-state index contributed by atoms with van der Waals surface area (Å²) in [5.41, 5.74) is 0. The van der Waals surface area contributed by atoms with E-state index in [0.29, 0.717) is 32.1 Å². The van der Waals surface area contributed by atoms with Gasteiger partial charge < -0.3 is 15.1 Å². The lowest BCUT2D eigenvalue weighted by Crippen LogP contribution is -2.45. The van der Waals surface area contributed by atoms with E-state index in [0.717, 1.165) is 25.3 Å². The van der Waals surface area contributed by atoms with Gasteiger partial charge in [-0.25, -0.2) is 12.7 Å². The monoisotopic (exact) mass is 511 g/mol. The van der Waals surface area contributed by atoms with Crippen LogP contribution in [0.5, 0.6) is 0 Å². The first kappa shape index (κ1) is 22.4. The molecular weight excluding hydrogens is 481 g/mol. The van der Waals surface area contributed by atoms with Gasteiger partial charge in [0, 0.05) is 33.2 Å². The summed E-state index contributed by atoms with van der Waals surface area (Å²) < 4.78 is 30.8. The van der Waals surface area contributed by atoms with Crippen molar-refractivity contribution in [1.29, 1.82) is 0 Å². The molecule has 154 valence electrons. The molecule has 1 aromatic heterocycles. The average Bonchev–Trinajstić information content (AvgIpc) is 3.36. The molecule has 0 bridgehead atoms. The first-order valence-electron chi connectivity index (χ1n) is 9.30. The predicted octanol–water partition coefficient (Wildman–Crippen LogP) is 1.24. The number of guanidine groups is 1. The third-order valence-electron chi connectivity index (χ3n) is 5.00. The number of likely N-dealkylation sites (tertiary alicyclic amines) is 1. The van der Waals surface area contributed by atoms with Crippen LogP contribution in [-0.4, -0.2) is 75.7 Å². The van der Waals surface area contributed by atoms with Crippen LogP contribution in [0.3, 0.4) is 0 Å². The summed E-state index contributed by atoms with van der Waals surface area (Å²) in [6, 6.07) is 4.10. The molecule has 0 saturated carbocycles. The minimum atomic E-state index is -3.04. The molecule has 0 aliphatic carbocycles. The molecule has 3 heterocycles. The highest BCUT2D eigenvalue weighted by molar-refractivity contribution is 14.0. The number of hydrogen-bond acceptors (Lipinski definition) is 5. The number of sulfonamides is 1. The van der Waals surface area contributed by atoms with Gasteiger partial charge in [-0.05, 0) is 44.5 Å². The Morgan fingerprint density at radius 3 is 2.63 bits per heavy atom. The van der Waals surface area contributed by atoms with Crippen molar-refractivity contribution in [3.8, 4) is 0 Å². The Morgan fingerprint density at radius 2 is 2.04 bits per heavy atom. The molecule has 2 fully saturated rings. The van der Waals surface area contributed by atoms with Crippen molar-refractivity contribution in [2.45, 2.75) is 25.3 Å². The van der Waals surface area contributed by atoms with Gasteiger partial charge in [0.1, 0.15) is 5.76 Å². The standard InChI is InChI=1S/C17H29N5O3S.HI/c1-18-17(19-7-11-22-10-5-13-26(22,23)24)20-14-15(16-6-4-12-25-16)21-8-2-3-9-21;/h4,6,12,15H,2-3,5,7-11,13-14H2,1H3,(H2,18,19,20);1H. The topological polar surface area (TPSA) is 90.2 Å². The van der Waals surface area contributed by atoms with Gasteiger partial charge in [0.2, 0.25) is 10.0 Å². The summed E-state index contributed by atoms with van der Waals surface area (Å²) in [4.78, 5) is 6.67. The molecule has 0 spiro atoms. The molecule has 2 saturated heterocycles. The highest BCUT2D eigenvalue weighted by atomic mass is 127. The minimum Gasteiger partial charge on any atom is -0.468 e. The predicted molar refractivity (Wildman–Crippen MR) is 117 cm³/mol. The Morgan fingerprint density at radius 1 is 1.26 bits per heavy atom. The summed E-state index contributed by atoms with van der Waals surface area (Å²) in [7, 11) is -1.32. The van der Waals surface area contributed by atoms with Crippen molar-refractivity contribution in [3.05, 3.63) is 24.2 Å². The maximum absolute atomic E-state index is 11.8. The molecule has 1 unspecified atom stereocenters. The molecule has 1 aromatic rings. The van der Waals surface area contributed by atoms with Crippen LogP contribution in [0.15, 0.2) is 27.8 Å². The maximum atomic E-state index is 11.8. The van der Waals surface area contributed by atoms with Gasteiger partial charge in [-0.3, -0.25) is 9.89 Å². The SMILES string of the molecule is CN=C(NCCN1CCCS1(=O)=O)NCC(c1ccco1)N1CCCC1.I. The Kier molecular flexibility index (Phi) is 8.83. The van der Waals surface area contributed by atoms with Crippen molar-refractivity contribution < 1.29 is 12.8 Å². The van der Waals surface area contributed by atoms with Crippen LogP contribution < -0.4 is 10.6 Å².